The highest BCUT2D eigenvalue weighted by atomic mass is 35.5. The molecule has 1 amide bonds. The molecule has 0 radical (unpaired) electrons. The smallest absolute Gasteiger partial charge is 0.239 e. The van der Waals surface area contributed by atoms with E-state index in [4.69, 9.17) is 10.5 Å². The number of nitrogens with two attached hydrogens (primary N) is 1. The lowest BCUT2D eigenvalue weighted by molar-refractivity contribution is -0.134. The van der Waals surface area contributed by atoms with Gasteiger partial charge in [-0.3, -0.25) is 4.79 Å². The molecular weight excluding hydrogens is 312 g/mol. The summed E-state index contributed by atoms with van der Waals surface area (Å²) in [6.07, 6.45) is 3.74. The maximum atomic E-state index is 12.7. The second-order valence-corrected chi connectivity index (χ2v) is 6.16. The molecular formula is C18H29ClN2O2. The van der Waals surface area contributed by atoms with Crippen LogP contribution in [0.4, 0.5) is 0 Å². The lowest BCUT2D eigenvalue weighted by Crippen LogP contribution is -2.45. The molecule has 0 spiro atoms. The van der Waals surface area contributed by atoms with Crippen LogP contribution in [-0.2, 0) is 16.1 Å². The van der Waals surface area contributed by atoms with Gasteiger partial charge in [-0.05, 0) is 30.7 Å². The minimum Gasteiger partial charge on any atom is -0.381 e. The number of carbonyl (C=O) groups is 1. The third kappa shape index (κ3) is 6.50. The van der Waals surface area contributed by atoms with Crippen LogP contribution in [0.1, 0.15) is 38.2 Å². The monoisotopic (exact) mass is 340 g/mol. The number of carbonyl (C=O) groups excluding carboxylic acids is 1. The Morgan fingerprint density at radius 1 is 1.30 bits per heavy atom. The van der Waals surface area contributed by atoms with Gasteiger partial charge in [0.1, 0.15) is 0 Å². The van der Waals surface area contributed by atoms with Crippen LogP contribution in [0.2, 0.25) is 0 Å². The summed E-state index contributed by atoms with van der Waals surface area (Å²) in [6.45, 7) is 5.11. The zero-order chi connectivity index (χ0) is 15.8. The van der Waals surface area contributed by atoms with Crippen LogP contribution < -0.4 is 5.73 Å². The number of rotatable bonds is 7. The minimum absolute atomic E-state index is 0. The molecule has 1 aliphatic rings. The van der Waals surface area contributed by atoms with Crippen molar-refractivity contribution in [1.29, 1.82) is 0 Å². The summed E-state index contributed by atoms with van der Waals surface area (Å²) in [4.78, 5) is 14.6. The molecule has 4 nitrogen and oxygen atoms in total. The molecule has 1 heterocycles. The number of hydrogen-bond donors (Lipinski definition) is 1. The zero-order valence-electron chi connectivity index (χ0n) is 13.9. The highest BCUT2D eigenvalue weighted by Gasteiger charge is 2.24. The van der Waals surface area contributed by atoms with Crippen molar-refractivity contribution >= 4 is 18.3 Å². The summed E-state index contributed by atoms with van der Waals surface area (Å²) in [5.74, 6) is 0.604. The molecule has 1 saturated heterocycles. The van der Waals surface area contributed by atoms with E-state index in [1.165, 1.54) is 0 Å². The van der Waals surface area contributed by atoms with Crippen molar-refractivity contribution in [3.8, 4) is 0 Å². The molecule has 2 rings (SSSR count). The summed E-state index contributed by atoms with van der Waals surface area (Å²) < 4.78 is 5.42. The van der Waals surface area contributed by atoms with E-state index >= 15 is 0 Å². The van der Waals surface area contributed by atoms with Crippen LogP contribution in [-0.4, -0.2) is 36.6 Å². The summed E-state index contributed by atoms with van der Waals surface area (Å²) in [5.41, 5.74) is 7.23. The van der Waals surface area contributed by atoms with E-state index in [0.717, 1.165) is 51.0 Å². The molecule has 1 aromatic carbocycles. The lowest BCUT2D eigenvalue weighted by Gasteiger charge is -2.31. The first-order valence-electron chi connectivity index (χ1n) is 8.36. The molecule has 130 valence electrons. The van der Waals surface area contributed by atoms with Gasteiger partial charge >= 0.3 is 0 Å². The Morgan fingerprint density at radius 3 is 2.57 bits per heavy atom. The van der Waals surface area contributed by atoms with E-state index in [2.05, 4.69) is 19.1 Å². The molecule has 0 aliphatic carbocycles. The van der Waals surface area contributed by atoms with E-state index in [-0.39, 0.29) is 24.4 Å². The van der Waals surface area contributed by atoms with Crippen molar-refractivity contribution in [2.75, 3.05) is 19.8 Å². The van der Waals surface area contributed by atoms with Crippen LogP contribution in [0.3, 0.4) is 0 Å². The molecule has 23 heavy (non-hydrogen) atoms. The fraction of sp³-hybridized carbons (Fsp3) is 0.611. The number of nitrogens with zero attached hydrogens (tertiary/aromatic N) is 1. The van der Waals surface area contributed by atoms with E-state index in [9.17, 15) is 4.79 Å². The number of hydrogen-bond acceptors (Lipinski definition) is 3. The molecule has 1 aromatic rings. The van der Waals surface area contributed by atoms with Crippen molar-refractivity contribution in [3.63, 3.8) is 0 Å². The Morgan fingerprint density at radius 2 is 1.96 bits per heavy atom. The Bertz CT molecular complexity index is 450. The summed E-state index contributed by atoms with van der Waals surface area (Å²) >= 11 is 0. The van der Waals surface area contributed by atoms with Crippen LogP contribution in [0.5, 0.6) is 0 Å². The molecule has 0 bridgehead atoms. The van der Waals surface area contributed by atoms with Gasteiger partial charge in [-0.15, -0.1) is 12.4 Å². The Kier molecular flexibility index (Phi) is 9.22. The average Bonchev–Trinajstić information content (AvgIpc) is 2.56. The fourth-order valence-electron chi connectivity index (χ4n) is 2.95. The first kappa shape index (κ1) is 19.9. The van der Waals surface area contributed by atoms with E-state index in [0.29, 0.717) is 12.5 Å². The highest BCUT2D eigenvalue weighted by Crippen LogP contribution is 2.18. The van der Waals surface area contributed by atoms with Crippen LogP contribution in [0, 0.1) is 5.92 Å². The maximum Gasteiger partial charge on any atom is 0.239 e. The number of halogens is 1. The Balaban J connectivity index is 0.00000264. The van der Waals surface area contributed by atoms with E-state index in [1.807, 2.05) is 23.1 Å². The number of ether oxygens (including phenoxy) is 1. The maximum absolute atomic E-state index is 12.7. The molecule has 1 fully saturated rings. The third-order valence-corrected chi connectivity index (χ3v) is 4.26. The first-order valence-corrected chi connectivity index (χ1v) is 8.36. The standard InChI is InChI=1S/C18H28N2O2.ClH/c1-2-6-17(19)18(21)20(13-15-7-4-3-5-8-15)14-16-9-11-22-12-10-16;/h3-5,7-8,16-17H,2,6,9-14,19H2,1H3;1H. The van der Waals surface area contributed by atoms with E-state index < -0.39 is 0 Å². The van der Waals surface area contributed by atoms with Crippen LogP contribution in [0.15, 0.2) is 30.3 Å². The Hall–Kier alpha value is -1.10. The van der Waals surface area contributed by atoms with Crippen molar-refractivity contribution in [1.82, 2.24) is 4.90 Å². The highest BCUT2D eigenvalue weighted by molar-refractivity contribution is 5.85. The van der Waals surface area contributed by atoms with Gasteiger partial charge in [0, 0.05) is 26.3 Å². The topological polar surface area (TPSA) is 55.6 Å². The van der Waals surface area contributed by atoms with Gasteiger partial charge in [-0.2, -0.15) is 0 Å². The summed E-state index contributed by atoms with van der Waals surface area (Å²) in [6, 6.07) is 9.77. The fourth-order valence-corrected chi connectivity index (χ4v) is 2.95. The van der Waals surface area contributed by atoms with Gasteiger partial charge in [-0.25, -0.2) is 0 Å². The van der Waals surface area contributed by atoms with E-state index in [1.54, 1.807) is 0 Å². The normalized spacial score (nSPS) is 16.4. The average molecular weight is 341 g/mol. The largest absolute Gasteiger partial charge is 0.381 e. The van der Waals surface area contributed by atoms with Gasteiger partial charge in [-0.1, -0.05) is 43.7 Å². The van der Waals surface area contributed by atoms with Gasteiger partial charge in [0.25, 0.3) is 0 Å². The second kappa shape index (κ2) is 10.6. The van der Waals surface area contributed by atoms with Crippen molar-refractivity contribution < 1.29 is 9.53 Å². The number of amides is 1. The summed E-state index contributed by atoms with van der Waals surface area (Å²) in [7, 11) is 0. The zero-order valence-corrected chi connectivity index (χ0v) is 14.8. The second-order valence-electron chi connectivity index (χ2n) is 6.16. The predicted molar refractivity (Wildman–Crippen MR) is 95.5 cm³/mol. The van der Waals surface area contributed by atoms with Crippen molar-refractivity contribution in [2.45, 2.75) is 45.2 Å². The molecule has 5 heteroatoms. The molecule has 0 aromatic heterocycles. The molecule has 0 saturated carbocycles. The van der Waals surface area contributed by atoms with Gasteiger partial charge in [0.2, 0.25) is 5.91 Å². The van der Waals surface area contributed by atoms with Gasteiger partial charge < -0.3 is 15.4 Å². The molecule has 1 atom stereocenters. The molecule has 1 unspecified atom stereocenters. The minimum atomic E-state index is -0.381. The third-order valence-electron chi connectivity index (χ3n) is 4.26. The van der Waals surface area contributed by atoms with Gasteiger partial charge in [0.15, 0.2) is 0 Å². The van der Waals surface area contributed by atoms with Gasteiger partial charge in [0.05, 0.1) is 6.04 Å². The first-order chi connectivity index (χ1) is 10.7. The van der Waals surface area contributed by atoms with Crippen LogP contribution >= 0.6 is 12.4 Å². The van der Waals surface area contributed by atoms with Crippen molar-refractivity contribution in [2.24, 2.45) is 11.7 Å². The summed E-state index contributed by atoms with van der Waals surface area (Å²) in [5, 5.41) is 0. The molecule has 2 N–H and O–H groups in total. The number of benzene rings is 1. The Labute approximate surface area is 145 Å². The predicted octanol–water partition coefficient (Wildman–Crippen LogP) is 2.99. The van der Waals surface area contributed by atoms with Crippen molar-refractivity contribution in [3.05, 3.63) is 35.9 Å². The SMILES string of the molecule is CCCC(N)C(=O)N(Cc1ccccc1)CC1CCOCC1.Cl. The van der Waals surface area contributed by atoms with Crippen LogP contribution in [0.25, 0.3) is 0 Å². The molecule has 1 aliphatic heterocycles. The lowest BCUT2D eigenvalue weighted by atomic mass is 9.98. The quantitative estimate of drug-likeness (QED) is 0.830.